The van der Waals surface area contributed by atoms with Gasteiger partial charge in [0.05, 0.1) is 23.7 Å². The highest BCUT2D eigenvalue weighted by Gasteiger charge is 2.42. The Kier molecular flexibility index (Phi) is 3.12. The number of aryl methyl sites for hydroxylation is 1. The number of fused-ring (bicyclic) bond motifs is 3. The number of carbonyl (C=O) groups is 1. The summed E-state index contributed by atoms with van der Waals surface area (Å²) in [5.74, 6) is -1.98. The smallest absolute Gasteiger partial charge is 0.421 e. The van der Waals surface area contributed by atoms with Gasteiger partial charge in [0.25, 0.3) is 0 Å². The third-order valence-electron chi connectivity index (χ3n) is 3.34. The number of rotatable bonds is 2. The van der Waals surface area contributed by atoms with Crippen molar-refractivity contribution >= 4 is 27.8 Å². The lowest BCUT2D eigenvalue weighted by Gasteiger charge is -2.07. The van der Waals surface area contributed by atoms with E-state index in [1.165, 1.54) is 19.2 Å². The zero-order chi connectivity index (χ0) is 16.1. The average molecular weight is 312 g/mol. The van der Waals surface area contributed by atoms with E-state index >= 15 is 0 Å². The van der Waals surface area contributed by atoms with Crippen molar-refractivity contribution in [2.75, 3.05) is 6.61 Å². The average Bonchev–Trinajstić information content (AvgIpc) is 3.01. The second-order valence-corrected chi connectivity index (χ2v) is 4.75. The molecule has 116 valence electrons. The molecule has 0 atom stereocenters. The molecule has 0 saturated heterocycles. The normalized spacial score (nSPS) is 12.2. The molecule has 0 aliphatic rings. The summed E-state index contributed by atoms with van der Waals surface area (Å²) in [6, 6.07) is 1.45. The van der Waals surface area contributed by atoms with Crippen molar-refractivity contribution in [3.8, 4) is 0 Å². The molecule has 0 unspecified atom stereocenters. The fourth-order valence-electron chi connectivity index (χ4n) is 2.46. The maximum absolute atomic E-state index is 13.4. The van der Waals surface area contributed by atoms with E-state index in [9.17, 15) is 18.0 Å². The van der Waals surface area contributed by atoms with E-state index in [1.54, 1.807) is 6.92 Å². The SMILES string of the molecule is CCOC(=O)c1oc2cc(C)c3cn[nH]c3c2c1C(F)(F)F. The maximum atomic E-state index is 13.4. The van der Waals surface area contributed by atoms with Gasteiger partial charge in [-0.15, -0.1) is 0 Å². The highest BCUT2D eigenvalue weighted by molar-refractivity contribution is 6.10. The van der Waals surface area contributed by atoms with Crippen LogP contribution in [0.15, 0.2) is 16.7 Å². The van der Waals surface area contributed by atoms with Crippen molar-refractivity contribution in [3.63, 3.8) is 0 Å². The fraction of sp³-hybridized carbons (Fsp3) is 0.286. The van der Waals surface area contributed by atoms with Crippen LogP contribution in [0.5, 0.6) is 0 Å². The molecule has 1 N–H and O–H groups in total. The van der Waals surface area contributed by atoms with Crippen LogP contribution in [-0.4, -0.2) is 22.8 Å². The van der Waals surface area contributed by atoms with E-state index in [-0.39, 0.29) is 23.1 Å². The number of aromatic amines is 1. The van der Waals surface area contributed by atoms with Gasteiger partial charge in [-0.1, -0.05) is 0 Å². The monoisotopic (exact) mass is 312 g/mol. The van der Waals surface area contributed by atoms with Gasteiger partial charge in [-0.2, -0.15) is 18.3 Å². The summed E-state index contributed by atoms with van der Waals surface area (Å²) >= 11 is 0. The minimum absolute atomic E-state index is 0.0374. The molecule has 0 amide bonds. The Morgan fingerprint density at radius 2 is 2.18 bits per heavy atom. The number of halogens is 3. The second kappa shape index (κ2) is 4.75. The molecule has 0 radical (unpaired) electrons. The van der Waals surface area contributed by atoms with Crippen LogP contribution in [0.4, 0.5) is 13.2 Å². The van der Waals surface area contributed by atoms with Crippen molar-refractivity contribution in [3.05, 3.63) is 29.2 Å². The molecule has 3 rings (SSSR count). The zero-order valence-electron chi connectivity index (χ0n) is 11.7. The van der Waals surface area contributed by atoms with Crippen LogP contribution in [0.2, 0.25) is 0 Å². The Bertz CT molecular complexity index is 877. The Morgan fingerprint density at radius 3 is 2.82 bits per heavy atom. The highest BCUT2D eigenvalue weighted by Crippen LogP contribution is 2.42. The summed E-state index contributed by atoms with van der Waals surface area (Å²) in [7, 11) is 0. The van der Waals surface area contributed by atoms with Gasteiger partial charge in [0.1, 0.15) is 11.1 Å². The predicted octanol–water partition coefficient (Wildman–Crippen LogP) is 3.81. The molecular weight excluding hydrogens is 301 g/mol. The number of H-pyrrole nitrogens is 1. The van der Waals surface area contributed by atoms with Crippen LogP contribution in [0.3, 0.4) is 0 Å². The lowest BCUT2D eigenvalue weighted by atomic mass is 10.0. The first-order valence-electron chi connectivity index (χ1n) is 6.48. The van der Waals surface area contributed by atoms with Crippen molar-refractivity contribution < 1.29 is 27.1 Å². The number of nitrogens with one attached hydrogen (secondary N) is 1. The number of carbonyl (C=O) groups excluding carboxylic acids is 1. The number of hydrogen-bond donors (Lipinski definition) is 1. The molecule has 5 nitrogen and oxygen atoms in total. The number of aromatic nitrogens is 2. The van der Waals surface area contributed by atoms with Gasteiger partial charge in [-0.05, 0) is 25.5 Å². The fourth-order valence-corrected chi connectivity index (χ4v) is 2.46. The minimum atomic E-state index is -4.76. The van der Waals surface area contributed by atoms with E-state index in [1.807, 2.05) is 0 Å². The lowest BCUT2D eigenvalue weighted by molar-refractivity contribution is -0.137. The van der Waals surface area contributed by atoms with Gasteiger partial charge in [0, 0.05) is 5.39 Å². The first kappa shape index (κ1) is 14.4. The molecule has 0 bridgehead atoms. The molecule has 2 heterocycles. The van der Waals surface area contributed by atoms with Crippen LogP contribution in [0.1, 0.15) is 28.6 Å². The molecule has 8 heteroatoms. The van der Waals surface area contributed by atoms with Crippen LogP contribution >= 0.6 is 0 Å². The Balaban J connectivity index is 2.45. The maximum Gasteiger partial charge on any atom is 0.421 e. The topological polar surface area (TPSA) is 68.1 Å². The third-order valence-corrected chi connectivity index (χ3v) is 3.34. The van der Waals surface area contributed by atoms with Gasteiger partial charge < -0.3 is 9.15 Å². The van der Waals surface area contributed by atoms with Crippen LogP contribution in [0.25, 0.3) is 21.9 Å². The predicted molar refractivity (Wildman–Crippen MR) is 71.6 cm³/mol. The van der Waals surface area contributed by atoms with Crippen molar-refractivity contribution in [1.29, 1.82) is 0 Å². The van der Waals surface area contributed by atoms with Gasteiger partial charge in [0.15, 0.2) is 0 Å². The van der Waals surface area contributed by atoms with Crippen molar-refractivity contribution in [1.82, 2.24) is 10.2 Å². The summed E-state index contributed by atoms with van der Waals surface area (Å²) < 4.78 is 50.1. The third kappa shape index (κ3) is 2.02. The van der Waals surface area contributed by atoms with Gasteiger partial charge >= 0.3 is 12.1 Å². The molecule has 2 aromatic heterocycles. The number of ether oxygens (including phenoxy) is 1. The Hall–Kier alpha value is -2.51. The van der Waals surface area contributed by atoms with Gasteiger partial charge in [-0.3, -0.25) is 5.10 Å². The van der Waals surface area contributed by atoms with Crippen LogP contribution in [-0.2, 0) is 10.9 Å². The summed E-state index contributed by atoms with van der Waals surface area (Å²) in [5, 5.41) is 6.64. The molecule has 1 aromatic carbocycles. The molecule has 22 heavy (non-hydrogen) atoms. The first-order valence-corrected chi connectivity index (χ1v) is 6.48. The van der Waals surface area contributed by atoms with E-state index in [0.29, 0.717) is 10.9 Å². The first-order chi connectivity index (χ1) is 10.3. The number of nitrogens with zero attached hydrogens (tertiary/aromatic N) is 1. The second-order valence-electron chi connectivity index (χ2n) is 4.75. The highest BCUT2D eigenvalue weighted by atomic mass is 19.4. The number of esters is 1. The largest absolute Gasteiger partial charge is 0.460 e. The van der Waals surface area contributed by atoms with E-state index in [0.717, 1.165) is 0 Å². The minimum Gasteiger partial charge on any atom is -0.460 e. The summed E-state index contributed by atoms with van der Waals surface area (Å²) in [4.78, 5) is 11.8. The van der Waals surface area contributed by atoms with Crippen molar-refractivity contribution in [2.45, 2.75) is 20.0 Å². The quantitative estimate of drug-likeness (QED) is 0.731. The standard InChI is InChI=1S/C14H11F3N2O3/c1-3-21-13(20)12-10(14(15,16)17)9-8(22-12)4-6(2)7-5-18-19-11(7)9/h4-5H,3H2,1-2H3,(H,18,19). The number of furan rings is 1. The molecule has 0 saturated carbocycles. The van der Waals surface area contributed by atoms with E-state index in [2.05, 4.69) is 14.9 Å². The zero-order valence-corrected chi connectivity index (χ0v) is 11.7. The number of benzene rings is 1. The van der Waals surface area contributed by atoms with Crippen LogP contribution in [0, 0.1) is 6.92 Å². The molecular formula is C14H11F3N2O3. The summed E-state index contributed by atoms with van der Waals surface area (Å²) in [6.45, 7) is 3.17. The number of alkyl halides is 3. The van der Waals surface area contributed by atoms with Gasteiger partial charge in [-0.25, -0.2) is 4.79 Å². The lowest BCUT2D eigenvalue weighted by Crippen LogP contribution is -2.13. The Labute approximate surface area is 122 Å². The molecule has 0 aliphatic carbocycles. The van der Waals surface area contributed by atoms with Crippen molar-refractivity contribution in [2.24, 2.45) is 0 Å². The van der Waals surface area contributed by atoms with E-state index in [4.69, 9.17) is 4.42 Å². The van der Waals surface area contributed by atoms with Gasteiger partial charge in [0.2, 0.25) is 5.76 Å². The number of hydrogen-bond acceptors (Lipinski definition) is 4. The van der Waals surface area contributed by atoms with E-state index < -0.39 is 23.5 Å². The Morgan fingerprint density at radius 1 is 1.45 bits per heavy atom. The molecule has 0 fully saturated rings. The van der Waals surface area contributed by atoms with Crippen LogP contribution < -0.4 is 0 Å². The molecule has 0 spiro atoms. The molecule has 3 aromatic rings. The summed E-state index contributed by atoms with van der Waals surface area (Å²) in [6.07, 6.45) is -3.33. The molecule has 0 aliphatic heterocycles. The summed E-state index contributed by atoms with van der Waals surface area (Å²) in [5.41, 5.74) is -0.310.